The van der Waals surface area contributed by atoms with Crippen molar-refractivity contribution < 1.29 is 0 Å². The predicted octanol–water partition coefficient (Wildman–Crippen LogP) is 0.814. The monoisotopic (exact) mass is 189 g/mol. The molecule has 0 fully saturated rings. The van der Waals surface area contributed by atoms with Crippen LogP contribution in [0.1, 0.15) is 5.56 Å². The van der Waals surface area contributed by atoms with Crippen LogP contribution in [0.4, 0.5) is 0 Å². The minimum atomic E-state index is -0.0612. The number of rotatable bonds is 3. The standard InChI is InChI=1S/C10H11N3O/c14-10-12-5-7-13(10)6-3-9-2-1-4-11-8-9/h1-2,4-5,7-8H,3,6H2,(H,12,14). The Morgan fingerprint density at radius 3 is 3.07 bits per heavy atom. The van der Waals surface area contributed by atoms with Crippen molar-refractivity contribution >= 4 is 0 Å². The Hall–Kier alpha value is -1.84. The maximum Gasteiger partial charge on any atom is 0.325 e. The predicted molar refractivity (Wildman–Crippen MR) is 53.0 cm³/mol. The van der Waals surface area contributed by atoms with Crippen LogP contribution in [0.3, 0.4) is 0 Å². The molecule has 72 valence electrons. The minimum absolute atomic E-state index is 0.0612. The van der Waals surface area contributed by atoms with Gasteiger partial charge in [-0.3, -0.25) is 9.55 Å². The number of imidazole rings is 1. The van der Waals surface area contributed by atoms with Crippen molar-refractivity contribution in [1.82, 2.24) is 14.5 Å². The third kappa shape index (κ3) is 1.90. The summed E-state index contributed by atoms with van der Waals surface area (Å²) >= 11 is 0. The van der Waals surface area contributed by atoms with Crippen molar-refractivity contribution in [2.24, 2.45) is 0 Å². The molecule has 0 saturated carbocycles. The van der Waals surface area contributed by atoms with Gasteiger partial charge in [0.15, 0.2) is 0 Å². The van der Waals surface area contributed by atoms with Gasteiger partial charge in [0.2, 0.25) is 0 Å². The molecule has 0 unspecified atom stereocenters. The second kappa shape index (κ2) is 3.91. The van der Waals surface area contributed by atoms with Crippen molar-refractivity contribution in [2.45, 2.75) is 13.0 Å². The van der Waals surface area contributed by atoms with E-state index < -0.39 is 0 Å². The number of pyridine rings is 1. The van der Waals surface area contributed by atoms with Gasteiger partial charge in [-0.2, -0.15) is 0 Å². The zero-order valence-corrected chi connectivity index (χ0v) is 7.68. The second-order valence-electron chi connectivity index (χ2n) is 3.07. The van der Waals surface area contributed by atoms with Gasteiger partial charge in [-0.05, 0) is 18.1 Å². The van der Waals surface area contributed by atoms with Crippen molar-refractivity contribution in [3.05, 3.63) is 53.0 Å². The molecule has 0 bridgehead atoms. The molecule has 0 aliphatic rings. The Balaban J connectivity index is 2.02. The van der Waals surface area contributed by atoms with Crippen LogP contribution in [-0.4, -0.2) is 14.5 Å². The first kappa shape index (κ1) is 8.74. The molecule has 4 heteroatoms. The van der Waals surface area contributed by atoms with Gasteiger partial charge in [-0.1, -0.05) is 6.07 Å². The highest BCUT2D eigenvalue weighted by Crippen LogP contribution is 1.97. The summed E-state index contributed by atoms with van der Waals surface area (Å²) < 4.78 is 1.65. The van der Waals surface area contributed by atoms with E-state index >= 15 is 0 Å². The van der Waals surface area contributed by atoms with Crippen LogP contribution in [0.25, 0.3) is 0 Å². The summed E-state index contributed by atoms with van der Waals surface area (Å²) in [6.45, 7) is 0.689. The number of H-pyrrole nitrogens is 1. The van der Waals surface area contributed by atoms with Gasteiger partial charge in [0.1, 0.15) is 0 Å². The molecule has 0 aliphatic carbocycles. The molecule has 0 aromatic carbocycles. The van der Waals surface area contributed by atoms with Crippen LogP contribution in [0.15, 0.2) is 41.7 Å². The van der Waals surface area contributed by atoms with Crippen LogP contribution in [0.5, 0.6) is 0 Å². The van der Waals surface area contributed by atoms with Gasteiger partial charge < -0.3 is 4.98 Å². The lowest BCUT2D eigenvalue weighted by Crippen LogP contribution is -2.17. The molecule has 0 amide bonds. The Bertz CT molecular complexity index is 444. The van der Waals surface area contributed by atoms with Crippen molar-refractivity contribution in [3.8, 4) is 0 Å². The fourth-order valence-electron chi connectivity index (χ4n) is 1.32. The molecule has 0 aliphatic heterocycles. The van der Waals surface area contributed by atoms with E-state index in [-0.39, 0.29) is 5.69 Å². The molecule has 2 rings (SSSR count). The summed E-state index contributed by atoms with van der Waals surface area (Å²) in [6.07, 6.45) is 7.78. The van der Waals surface area contributed by atoms with E-state index in [9.17, 15) is 4.79 Å². The molecule has 2 aromatic rings. The number of nitrogens with zero attached hydrogens (tertiary/aromatic N) is 2. The number of nitrogens with one attached hydrogen (secondary N) is 1. The van der Waals surface area contributed by atoms with Crippen molar-refractivity contribution in [2.75, 3.05) is 0 Å². The third-order valence-electron chi connectivity index (χ3n) is 2.09. The van der Waals surface area contributed by atoms with E-state index in [0.717, 1.165) is 12.0 Å². The molecule has 2 aromatic heterocycles. The van der Waals surface area contributed by atoms with Gasteiger partial charge in [-0.25, -0.2) is 4.79 Å². The minimum Gasteiger partial charge on any atom is -0.313 e. The van der Waals surface area contributed by atoms with E-state index in [1.165, 1.54) is 0 Å². The van der Waals surface area contributed by atoms with E-state index in [0.29, 0.717) is 6.54 Å². The van der Waals surface area contributed by atoms with Crippen molar-refractivity contribution in [1.29, 1.82) is 0 Å². The summed E-state index contributed by atoms with van der Waals surface area (Å²) in [7, 11) is 0. The maximum atomic E-state index is 11.1. The van der Waals surface area contributed by atoms with Crippen LogP contribution in [-0.2, 0) is 13.0 Å². The average Bonchev–Trinajstić information content (AvgIpc) is 2.63. The van der Waals surface area contributed by atoms with E-state index in [1.807, 2.05) is 18.3 Å². The van der Waals surface area contributed by atoms with E-state index in [4.69, 9.17) is 0 Å². The summed E-state index contributed by atoms with van der Waals surface area (Å²) in [5, 5.41) is 0. The zero-order valence-electron chi connectivity index (χ0n) is 7.68. The lowest BCUT2D eigenvalue weighted by Gasteiger charge is -2.00. The van der Waals surface area contributed by atoms with Gasteiger partial charge >= 0.3 is 5.69 Å². The molecule has 4 nitrogen and oxygen atoms in total. The fourth-order valence-corrected chi connectivity index (χ4v) is 1.32. The number of aromatic nitrogens is 3. The Morgan fingerprint density at radius 1 is 1.50 bits per heavy atom. The maximum absolute atomic E-state index is 11.1. The van der Waals surface area contributed by atoms with Gasteiger partial charge in [-0.15, -0.1) is 0 Å². The Kier molecular flexibility index (Phi) is 2.44. The van der Waals surface area contributed by atoms with Gasteiger partial charge in [0.05, 0.1) is 0 Å². The summed E-state index contributed by atoms with van der Waals surface area (Å²) in [4.78, 5) is 17.7. The molecule has 14 heavy (non-hydrogen) atoms. The Morgan fingerprint density at radius 2 is 2.43 bits per heavy atom. The van der Waals surface area contributed by atoms with Crippen LogP contribution >= 0.6 is 0 Å². The number of aromatic amines is 1. The molecule has 1 N–H and O–H groups in total. The average molecular weight is 189 g/mol. The number of hydrogen-bond acceptors (Lipinski definition) is 2. The SMILES string of the molecule is O=c1[nH]ccn1CCc1cccnc1. The molecule has 0 radical (unpaired) electrons. The van der Waals surface area contributed by atoms with E-state index in [2.05, 4.69) is 9.97 Å². The van der Waals surface area contributed by atoms with E-state index in [1.54, 1.807) is 23.2 Å². The smallest absolute Gasteiger partial charge is 0.313 e. The summed E-state index contributed by atoms with van der Waals surface area (Å²) in [5.74, 6) is 0. The first-order valence-corrected chi connectivity index (χ1v) is 4.49. The first-order valence-electron chi connectivity index (χ1n) is 4.49. The molecule has 0 atom stereocenters. The molecule has 0 saturated heterocycles. The summed E-state index contributed by atoms with van der Waals surface area (Å²) in [6, 6.07) is 3.90. The topological polar surface area (TPSA) is 50.7 Å². The molecule has 2 heterocycles. The zero-order chi connectivity index (χ0) is 9.80. The van der Waals surface area contributed by atoms with Crippen LogP contribution < -0.4 is 5.69 Å². The number of hydrogen-bond donors (Lipinski definition) is 1. The normalized spacial score (nSPS) is 10.3. The number of aryl methyl sites for hydroxylation is 2. The first-order chi connectivity index (χ1) is 6.86. The highest BCUT2D eigenvalue weighted by Gasteiger charge is 1.96. The largest absolute Gasteiger partial charge is 0.325 e. The van der Waals surface area contributed by atoms with Crippen LogP contribution in [0.2, 0.25) is 0 Å². The van der Waals surface area contributed by atoms with Crippen LogP contribution in [0, 0.1) is 0 Å². The Labute approximate surface area is 81.2 Å². The third-order valence-corrected chi connectivity index (χ3v) is 2.09. The quantitative estimate of drug-likeness (QED) is 0.777. The van der Waals surface area contributed by atoms with Gasteiger partial charge in [0.25, 0.3) is 0 Å². The summed E-state index contributed by atoms with van der Waals surface area (Å²) in [5.41, 5.74) is 1.08. The molecular weight excluding hydrogens is 178 g/mol. The molecule has 0 spiro atoms. The highest BCUT2D eigenvalue weighted by molar-refractivity contribution is 5.08. The second-order valence-corrected chi connectivity index (χ2v) is 3.07. The van der Waals surface area contributed by atoms with Crippen molar-refractivity contribution in [3.63, 3.8) is 0 Å². The molecular formula is C10H11N3O. The lowest BCUT2D eigenvalue weighted by molar-refractivity contribution is 0.670. The highest BCUT2D eigenvalue weighted by atomic mass is 16.1. The lowest BCUT2D eigenvalue weighted by atomic mass is 10.2. The van der Waals surface area contributed by atoms with Gasteiger partial charge in [0, 0.05) is 31.3 Å². The fraction of sp³-hybridized carbons (Fsp3) is 0.200.